The molecule has 2 aromatic carbocycles. The maximum atomic E-state index is 12.3. The lowest BCUT2D eigenvalue weighted by Gasteiger charge is -2.03. The van der Waals surface area contributed by atoms with Gasteiger partial charge in [0.05, 0.1) is 20.9 Å². The number of amides is 1. The predicted octanol–water partition coefficient (Wildman–Crippen LogP) is 4.33. The van der Waals surface area contributed by atoms with Gasteiger partial charge in [-0.15, -0.1) is 6.58 Å². The Morgan fingerprint density at radius 3 is 2.68 bits per heavy atom. The Balaban J connectivity index is 1.76. The Bertz CT molecular complexity index is 1180. The quantitative estimate of drug-likeness (QED) is 0.474. The molecule has 0 aliphatic rings. The van der Waals surface area contributed by atoms with Crippen molar-refractivity contribution in [1.29, 1.82) is 0 Å². The van der Waals surface area contributed by atoms with Crippen molar-refractivity contribution in [2.45, 2.75) is 24.3 Å². The number of carbonyl (C=O) groups is 1. The zero-order valence-electron chi connectivity index (χ0n) is 15.0. The molecule has 1 heterocycles. The van der Waals surface area contributed by atoms with Crippen LogP contribution in [-0.2, 0) is 21.2 Å². The minimum Gasteiger partial charge on any atom is -0.313 e. The molecule has 0 spiro atoms. The zero-order chi connectivity index (χ0) is 20.1. The van der Waals surface area contributed by atoms with Gasteiger partial charge < -0.3 is 4.57 Å². The first-order valence-corrected chi connectivity index (χ1v) is 11.9. The summed E-state index contributed by atoms with van der Waals surface area (Å²) in [6.45, 7) is 4.30. The van der Waals surface area contributed by atoms with Crippen molar-refractivity contribution in [3.63, 3.8) is 0 Å². The molecule has 0 atom stereocenters. The predicted molar refractivity (Wildman–Crippen MR) is 116 cm³/mol. The third-order valence-electron chi connectivity index (χ3n) is 4.08. The number of halogens is 1. The molecule has 1 aromatic heterocycles. The van der Waals surface area contributed by atoms with E-state index in [4.69, 9.17) is 0 Å². The highest BCUT2D eigenvalue weighted by Crippen LogP contribution is 2.22. The van der Waals surface area contributed by atoms with E-state index in [-0.39, 0.29) is 29.4 Å². The molecule has 3 aromatic rings. The SMILES string of the molecule is C=CCn1c(=NC(=O)CCCS(=O)(=O)c2ccccc2)sc2cc(Br)ccc21. The maximum Gasteiger partial charge on any atom is 0.248 e. The molecule has 0 unspecified atom stereocenters. The summed E-state index contributed by atoms with van der Waals surface area (Å²) in [7, 11) is -3.39. The number of hydrogen-bond donors (Lipinski definition) is 0. The zero-order valence-corrected chi connectivity index (χ0v) is 18.3. The molecule has 0 aliphatic heterocycles. The van der Waals surface area contributed by atoms with E-state index in [1.54, 1.807) is 36.4 Å². The number of rotatable bonds is 7. The van der Waals surface area contributed by atoms with Crippen LogP contribution >= 0.6 is 27.3 Å². The number of benzene rings is 2. The van der Waals surface area contributed by atoms with E-state index in [0.717, 1.165) is 14.7 Å². The highest BCUT2D eigenvalue weighted by atomic mass is 79.9. The molecule has 5 nitrogen and oxygen atoms in total. The van der Waals surface area contributed by atoms with Gasteiger partial charge in [-0.3, -0.25) is 4.79 Å². The highest BCUT2D eigenvalue weighted by Gasteiger charge is 2.14. The van der Waals surface area contributed by atoms with Crippen LogP contribution in [0, 0.1) is 0 Å². The number of thiazole rings is 1. The summed E-state index contributed by atoms with van der Waals surface area (Å²) in [6, 6.07) is 14.2. The van der Waals surface area contributed by atoms with Gasteiger partial charge in [0.25, 0.3) is 0 Å². The first-order valence-electron chi connectivity index (χ1n) is 8.66. The number of fused-ring (bicyclic) bond motifs is 1. The van der Waals surface area contributed by atoms with Crippen molar-refractivity contribution in [2.24, 2.45) is 4.99 Å². The monoisotopic (exact) mass is 478 g/mol. The van der Waals surface area contributed by atoms with E-state index in [9.17, 15) is 13.2 Å². The van der Waals surface area contributed by atoms with Crippen LogP contribution < -0.4 is 4.80 Å². The molecular weight excluding hydrogens is 460 g/mol. The Morgan fingerprint density at radius 1 is 1.21 bits per heavy atom. The lowest BCUT2D eigenvalue weighted by atomic mass is 10.3. The molecule has 8 heteroatoms. The largest absolute Gasteiger partial charge is 0.313 e. The lowest BCUT2D eigenvalue weighted by molar-refractivity contribution is -0.118. The summed E-state index contributed by atoms with van der Waals surface area (Å²) in [5.74, 6) is -0.406. The fourth-order valence-corrected chi connectivity index (χ4v) is 5.70. The minimum atomic E-state index is -3.39. The Kier molecular flexibility index (Phi) is 6.64. The van der Waals surface area contributed by atoms with Crippen LogP contribution in [0.2, 0.25) is 0 Å². The highest BCUT2D eigenvalue weighted by molar-refractivity contribution is 9.10. The molecule has 3 rings (SSSR count). The van der Waals surface area contributed by atoms with E-state index in [0.29, 0.717) is 11.3 Å². The second-order valence-electron chi connectivity index (χ2n) is 6.14. The van der Waals surface area contributed by atoms with Gasteiger partial charge in [0.1, 0.15) is 0 Å². The number of carbonyl (C=O) groups excluding carboxylic acids is 1. The number of allylic oxidation sites excluding steroid dienone is 1. The molecule has 1 amide bonds. The average molecular weight is 479 g/mol. The number of aromatic nitrogens is 1. The van der Waals surface area contributed by atoms with Crippen LogP contribution in [0.15, 0.2) is 75.5 Å². The van der Waals surface area contributed by atoms with Gasteiger partial charge in [-0.1, -0.05) is 51.5 Å². The summed E-state index contributed by atoms with van der Waals surface area (Å²) in [5.41, 5.74) is 0.978. The van der Waals surface area contributed by atoms with E-state index in [2.05, 4.69) is 27.5 Å². The van der Waals surface area contributed by atoms with Crippen LogP contribution in [-0.4, -0.2) is 24.6 Å². The molecule has 0 saturated carbocycles. The standard InChI is InChI=1S/C20H19BrN2O3S2/c1-2-12-23-17-11-10-15(21)14-18(17)27-20(23)22-19(24)9-6-13-28(25,26)16-7-4-3-5-8-16/h2-5,7-8,10-11,14H,1,6,9,12-13H2. The summed E-state index contributed by atoms with van der Waals surface area (Å²) >= 11 is 4.87. The van der Waals surface area contributed by atoms with Gasteiger partial charge in [-0.05, 0) is 36.8 Å². The lowest BCUT2D eigenvalue weighted by Crippen LogP contribution is -2.16. The van der Waals surface area contributed by atoms with Crippen molar-refractivity contribution in [3.8, 4) is 0 Å². The fourth-order valence-electron chi connectivity index (χ4n) is 2.76. The van der Waals surface area contributed by atoms with Crippen molar-refractivity contribution >= 4 is 53.2 Å². The second-order valence-corrected chi connectivity index (χ2v) is 10.2. The molecule has 0 fully saturated rings. The van der Waals surface area contributed by atoms with Gasteiger partial charge in [0, 0.05) is 17.4 Å². The number of hydrogen-bond acceptors (Lipinski definition) is 4. The van der Waals surface area contributed by atoms with Gasteiger partial charge >= 0.3 is 0 Å². The Hall–Kier alpha value is -2.03. The molecule has 0 N–H and O–H groups in total. The second kappa shape index (κ2) is 8.98. The third-order valence-corrected chi connectivity index (χ3v) is 7.43. The van der Waals surface area contributed by atoms with E-state index >= 15 is 0 Å². The molecular formula is C20H19BrN2O3S2. The van der Waals surface area contributed by atoms with Crippen LogP contribution in [0.3, 0.4) is 0 Å². The minimum absolute atomic E-state index is 0.0791. The van der Waals surface area contributed by atoms with Crippen molar-refractivity contribution in [2.75, 3.05) is 5.75 Å². The summed E-state index contributed by atoms with van der Waals surface area (Å²) < 4.78 is 28.5. The van der Waals surface area contributed by atoms with Gasteiger partial charge in [-0.2, -0.15) is 4.99 Å². The fraction of sp³-hybridized carbons (Fsp3) is 0.200. The first-order chi connectivity index (χ1) is 13.4. The summed E-state index contributed by atoms with van der Waals surface area (Å²) in [5, 5.41) is 0. The van der Waals surface area contributed by atoms with Crippen LogP contribution in [0.5, 0.6) is 0 Å². The van der Waals surface area contributed by atoms with Gasteiger partial charge in [0.2, 0.25) is 5.91 Å². The molecule has 0 bridgehead atoms. The van der Waals surface area contributed by atoms with Crippen LogP contribution in [0.25, 0.3) is 10.2 Å². The molecule has 0 radical (unpaired) electrons. The average Bonchev–Trinajstić information content (AvgIpc) is 2.99. The Labute approximate surface area is 176 Å². The van der Waals surface area contributed by atoms with Crippen LogP contribution in [0.1, 0.15) is 12.8 Å². The number of nitrogens with zero attached hydrogens (tertiary/aromatic N) is 2. The van der Waals surface area contributed by atoms with E-state index in [1.165, 1.54) is 11.3 Å². The summed E-state index contributed by atoms with van der Waals surface area (Å²) in [6.07, 6.45) is 2.07. The van der Waals surface area contributed by atoms with Gasteiger partial charge in [0.15, 0.2) is 14.6 Å². The Morgan fingerprint density at radius 2 is 1.96 bits per heavy atom. The topological polar surface area (TPSA) is 68.5 Å². The van der Waals surface area contributed by atoms with Crippen molar-refractivity contribution in [1.82, 2.24) is 4.57 Å². The molecule has 28 heavy (non-hydrogen) atoms. The van der Waals surface area contributed by atoms with Crippen LogP contribution in [0.4, 0.5) is 0 Å². The van der Waals surface area contributed by atoms with Crippen molar-refractivity contribution < 1.29 is 13.2 Å². The normalized spacial score (nSPS) is 12.4. The maximum absolute atomic E-state index is 12.3. The van der Waals surface area contributed by atoms with E-state index in [1.807, 2.05) is 22.8 Å². The van der Waals surface area contributed by atoms with Gasteiger partial charge in [-0.25, -0.2) is 8.42 Å². The first kappa shape index (κ1) is 20.7. The number of sulfone groups is 1. The molecule has 0 aliphatic carbocycles. The van der Waals surface area contributed by atoms with E-state index < -0.39 is 9.84 Å². The smallest absolute Gasteiger partial charge is 0.248 e. The van der Waals surface area contributed by atoms with Crippen molar-refractivity contribution in [3.05, 3.63) is 70.5 Å². The molecule has 146 valence electrons. The summed E-state index contributed by atoms with van der Waals surface area (Å²) in [4.78, 5) is 17.4. The molecule has 0 saturated heterocycles. The third kappa shape index (κ3) is 4.87.